The lowest BCUT2D eigenvalue weighted by molar-refractivity contribution is -0.159. The first kappa shape index (κ1) is 26.5. The van der Waals surface area contributed by atoms with Crippen LogP contribution in [-0.2, 0) is 20.8 Å². The maximum atomic E-state index is 12.1. The average molecular weight is 490 g/mol. The predicted molar refractivity (Wildman–Crippen MR) is 140 cm³/mol. The van der Waals surface area contributed by atoms with Crippen molar-refractivity contribution in [2.75, 3.05) is 49.1 Å². The maximum absolute atomic E-state index is 12.1. The molecule has 0 aromatic heterocycles. The van der Waals surface area contributed by atoms with Gasteiger partial charge in [-0.15, -0.1) is 6.42 Å². The molecule has 1 saturated heterocycles. The Bertz CT molecular complexity index is 1160. The van der Waals surface area contributed by atoms with Gasteiger partial charge in [0.1, 0.15) is 0 Å². The number of carbonyl (C=O) groups excluding carboxylic acids is 1. The molecule has 2 aromatic rings. The summed E-state index contributed by atoms with van der Waals surface area (Å²) >= 11 is 0. The molecule has 188 valence electrons. The fourth-order valence-corrected chi connectivity index (χ4v) is 4.30. The van der Waals surface area contributed by atoms with Gasteiger partial charge in [-0.3, -0.25) is 9.69 Å². The Morgan fingerprint density at radius 3 is 2.39 bits per heavy atom. The summed E-state index contributed by atoms with van der Waals surface area (Å²) in [4.78, 5) is 37.0. The van der Waals surface area contributed by atoms with E-state index in [9.17, 15) is 4.79 Å². The molecule has 0 spiro atoms. The third kappa shape index (κ3) is 7.20. The van der Waals surface area contributed by atoms with Crippen molar-refractivity contribution in [2.45, 2.75) is 19.8 Å². The van der Waals surface area contributed by atoms with Gasteiger partial charge in [-0.25, -0.2) is 9.59 Å². The van der Waals surface area contributed by atoms with E-state index in [-0.39, 0.29) is 5.91 Å². The normalized spacial score (nSPS) is 15.6. The molecule has 0 saturated carbocycles. The van der Waals surface area contributed by atoms with Gasteiger partial charge in [0.25, 0.3) is 0 Å². The number of rotatable bonds is 5. The molecule has 4 rings (SSSR count). The Labute approximate surface area is 211 Å². The van der Waals surface area contributed by atoms with Crippen molar-refractivity contribution in [1.29, 1.82) is 0 Å². The van der Waals surface area contributed by atoms with Gasteiger partial charge in [-0.1, -0.05) is 36.3 Å². The van der Waals surface area contributed by atoms with E-state index in [2.05, 4.69) is 71.2 Å². The Balaban J connectivity index is 0.000000538. The molecule has 2 heterocycles. The molecular weight excluding hydrogens is 458 g/mol. The van der Waals surface area contributed by atoms with Gasteiger partial charge in [0.15, 0.2) is 0 Å². The van der Waals surface area contributed by atoms with Gasteiger partial charge >= 0.3 is 11.9 Å². The van der Waals surface area contributed by atoms with Crippen molar-refractivity contribution in [3.8, 4) is 12.3 Å². The summed E-state index contributed by atoms with van der Waals surface area (Å²) in [6.45, 7) is 7.73. The van der Waals surface area contributed by atoms with Crippen LogP contribution < -0.4 is 9.80 Å². The molecule has 2 aliphatic rings. The lowest BCUT2D eigenvalue weighted by Gasteiger charge is -2.35. The predicted octanol–water partition coefficient (Wildman–Crippen LogP) is 2.90. The molecule has 1 amide bonds. The van der Waals surface area contributed by atoms with E-state index in [1.165, 1.54) is 22.4 Å². The van der Waals surface area contributed by atoms with Crippen molar-refractivity contribution in [3.63, 3.8) is 0 Å². The van der Waals surface area contributed by atoms with Crippen LogP contribution in [-0.4, -0.2) is 72.2 Å². The van der Waals surface area contributed by atoms with Crippen molar-refractivity contribution >= 4 is 35.3 Å². The second kappa shape index (κ2) is 12.6. The van der Waals surface area contributed by atoms with E-state index in [1.807, 2.05) is 6.07 Å². The molecule has 2 aromatic carbocycles. The fourth-order valence-electron chi connectivity index (χ4n) is 4.30. The summed E-state index contributed by atoms with van der Waals surface area (Å²) in [5, 5.41) is 14.8. The van der Waals surface area contributed by atoms with E-state index in [0.29, 0.717) is 13.0 Å². The van der Waals surface area contributed by atoms with Gasteiger partial charge in [0, 0.05) is 50.5 Å². The maximum Gasteiger partial charge on any atom is 0.414 e. The third-order valence-electron chi connectivity index (χ3n) is 6.15. The smallest absolute Gasteiger partial charge is 0.414 e. The zero-order valence-corrected chi connectivity index (χ0v) is 20.4. The summed E-state index contributed by atoms with van der Waals surface area (Å²) < 4.78 is 0. The van der Waals surface area contributed by atoms with Crippen LogP contribution in [0.15, 0.2) is 48.5 Å². The van der Waals surface area contributed by atoms with E-state index >= 15 is 0 Å². The zero-order chi connectivity index (χ0) is 26.1. The number of carboxylic acid groups (broad SMARTS) is 2. The number of piperazine rings is 1. The fraction of sp³-hybridized carbons (Fsp3) is 0.321. The number of aliphatic carboxylic acids is 2. The topological polar surface area (TPSA) is 101 Å². The number of hydrogen-bond donors (Lipinski definition) is 2. The Morgan fingerprint density at radius 2 is 1.75 bits per heavy atom. The second-order valence-electron chi connectivity index (χ2n) is 8.71. The van der Waals surface area contributed by atoms with Crippen molar-refractivity contribution in [2.24, 2.45) is 0 Å². The molecule has 1 fully saturated rings. The van der Waals surface area contributed by atoms with Crippen LogP contribution >= 0.6 is 0 Å². The molecule has 0 radical (unpaired) electrons. The third-order valence-corrected chi connectivity index (χ3v) is 6.15. The summed E-state index contributed by atoms with van der Waals surface area (Å²) in [7, 11) is 0. The SMILES string of the molecule is C#CCN1C(=O)CCc2cc(/C=C/CN3CCN(c4cccc(C)c4)CC3)ccc21.O=C(O)C(=O)O. The summed E-state index contributed by atoms with van der Waals surface area (Å²) in [5.74, 6) is -0.937. The molecule has 36 heavy (non-hydrogen) atoms. The van der Waals surface area contributed by atoms with Crippen LogP contribution in [0.3, 0.4) is 0 Å². The first-order valence-electron chi connectivity index (χ1n) is 11.8. The van der Waals surface area contributed by atoms with E-state index < -0.39 is 11.9 Å². The molecule has 8 heteroatoms. The highest BCUT2D eigenvalue weighted by Gasteiger charge is 2.23. The van der Waals surface area contributed by atoms with Gasteiger partial charge in [0.05, 0.1) is 6.54 Å². The van der Waals surface area contributed by atoms with E-state index in [1.54, 1.807) is 4.90 Å². The number of hydrogen-bond acceptors (Lipinski definition) is 5. The number of carboxylic acids is 2. The highest BCUT2D eigenvalue weighted by atomic mass is 16.4. The molecule has 0 atom stereocenters. The summed E-state index contributed by atoms with van der Waals surface area (Å²) in [6.07, 6.45) is 11.2. The number of carbonyl (C=O) groups is 3. The minimum Gasteiger partial charge on any atom is -0.473 e. The van der Waals surface area contributed by atoms with Crippen LogP contribution in [0.5, 0.6) is 0 Å². The molecule has 2 aliphatic heterocycles. The minimum atomic E-state index is -1.82. The van der Waals surface area contributed by atoms with Crippen LogP contribution in [0.25, 0.3) is 6.08 Å². The second-order valence-corrected chi connectivity index (χ2v) is 8.71. The number of fused-ring (bicyclic) bond motifs is 1. The number of anilines is 2. The molecule has 8 nitrogen and oxygen atoms in total. The number of amides is 1. The zero-order valence-electron chi connectivity index (χ0n) is 20.4. The van der Waals surface area contributed by atoms with Crippen molar-refractivity contribution < 1.29 is 24.6 Å². The molecule has 0 unspecified atom stereocenters. The van der Waals surface area contributed by atoms with E-state index in [0.717, 1.165) is 44.8 Å². The van der Waals surface area contributed by atoms with Gasteiger partial charge in [-0.05, 0) is 54.3 Å². The van der Waals surface area contributed by atoms with Crippen LogP contribution in [0.4, 0.5) is 11.4 Å². The number of benzene rings is 2. The van der Waals surface area contributed by atoms with Crippen LogP contribution in [0, 0.1) is 19.3 Å². The van der Waals surface area contributed by atoms with Crippen LogP contribution in [0.2, 0.25) is 0 Å². The van der Waals surface area contributed by atoms with Crippen molar-refractivity contribution in [3.05, 3.63) is 65.2 Å². The largest absolute Gasteiger partial charge is 0.473 e. The monoisotopic (exact) mass is 489 g/mol. The van der Waals surface area contributed by atoms with Gasteiger partial charge in [0.2, 0.25) is 5.91 Å². The Hall–Kier alpha value is -4.09. The minimum absolute atomic E-state index is 0.119. The standard InChI is InChI=1S/C26H29N3O.C2H2O4/c1-3-13-29-25-11-9-22(20-23(25)10-12-26(29)30)7-5-14-27-15-17-28(18-16-27)24-8-4-6-21(2)19-24;3-1(4)2(5)6/h1,4-9,11,19-20H,10,12-18H2,2H3;(H,3,4)(H,5,6)/b7-5+;. The quantitative estimate of drug-likeness (QED) is 0.492. The number of aryl methyl sites for hydroxylation is 2. The number of nitrogens with zero attached hydrogens (tertiary/aromatic N) is 3. The highest BCUT2D eigenvalue weighted by Crippen LogP contribution is 2.29. The summed E-state index contributed by atoms with van der Waals surface area (Å²) in [5.41, 5.74) is 6.00. The van der Waals surface area contributed by atoms with Gasteiger partial charge < -0.3 is 20.0 Å². The van der Waals surface area contributed by atoms with E-state index in [4.69, 9.17) is 26.2 Å². The highest BCUT2D eigenvalue weighted by molar-refractivity contribution is 6.27. The summed E-state index contributed by atoms with van der Waals surface area (Å²) in [6, 6.07) is 15.1. The first-order valence-corrected chi connectivity index (χ1v) is 11.8. The molecule has 2 N–H and O–H groups in total. The lowest BCUT2D eigenvalue weighted by atomic mass is 9.98. The molecule has 0 bridgehead atoms. The Morgan fingerprint density at radius 1 is 1.03 bits per heavy atom. The van der Waals surface area contributed by atoms with Gasteiger partial charge in [-0.2, -0.15) is 0 Å². The number of terminal acetylenes is 1. The van der Waals surface area contributed by atoms with Crippen molar-refractivity contribution in [1.82, 2.24) is 4.90 Å². The molecular formula is C28H31N3O5. The van der Waals surface area contributed by atoms with Crippen LogP contribution in [0.1, 0.15) is 23.1 Å². The Kier molecular flexibility index (Phi) is 9.25. The average Bonchev–Trinajstić information content (AvgIpc) is 2.86. The first-order chi connectivity index (χ1) is 17.3. The lowest BCUT2D eigenvalue weighted by Crippen LogP contribution is -2.46. The molecule has 0 aliphatic carbocycles.